The minimum absolute atomic E-state index is 0.228. The predicted molar refractivity (Wildman–Crippen MR) is 61.0 cm³/mol. The smallest absolute Gasteiger partial charge is 0.223 e. The highest BCUT2D eigenvalue weighted by Gasteiger charge is 2.24. The van der Waals surface area contributed by atoms with Gasteiger partial charge in [-0.05, 0) is 32.1 Å². The van der Waals surface area contributed by atoms with Crippen LogP contribution in [0.25, 0.3) is 0 Å². The Morgan fingerprint density at radius 3 is 2.64 bits per heavy atom. The number of hydrogen-bond donors (Lipinski definition) is 2. The number of unbranched alkanes of at least 4 members (excludes halogenated alkanes) is 1. The second kappa shape index (κ2) is 5.96. The first kappa shape index (κ1) is 11.4. The molecule has 0 bridgehead atoms. The zero-order valence-corrected chi connectivity index (χ0v) is 9.24. The molecule has 0 unspecified atom stereocenters. The predicted octanol–water partition coefficient (Wildman–Crippen LogP) is 1.36. The summed E-state index contributed by atoms with van der Waals surface area (Å²) in [4.78, 5) is 11.9. The van der Waals surface area contributed by atoms with Gasteiger partial charge in [-0.15, -0.1) is 0 Å². The van der Waals surface area contributed by atoms with Crippen molar-refractivity contribution in [3.63, 3.8) is 0 Å². The van der Waals surface area contributed by atoms with E-state index in [1.807, 2.05) is 0 Å². The van der Waals surface area contributed by atoms with E-state index in [1.165, 1.54) is 6.42 Å². The standard InChI is InChI=1S/C10H18N2OS/c11-9(14)6-1-2-7-12-10(13)8-4-3-5-8/h8H,1-7H2,(H2,11,14)(H,12,13). The SMILES string of the molecule is NC(=S)CCCCNC(=O)C1CCC1. The van der Waals surface area contributed by atoms with Crippen LogP contribution in [0.15, 0.2) is 0 Å². The van der Waals surface area contributed by atoms with Crippen LogP contribution in [-0.2, 0) is 4.79 Å². The van der Waals surface area contributed by atoms with Crippen molar-refractivity contribution in [2.45, 2.75) is 38.5 Å². The van der Waals surface area contributed by atoms with E-state index in [-0.39, 0.29) is 5.91 Å². The Kier molecular flexibility index (Phi) is 4.87. The molecule has 0 saturated heterocycles. The highest BCUT2D eigenvalue weighted by atomic mass is 32.1. The van der Waals surface area contributed by atoms with Gasteiger partial charge in [-0.1, -0.05) is 18.6 Å². The third-order valence-corrected chi connectivity index (χ3v) is 2.83. The fraction of sp³-hybridized carbons (Fsp3) is 0.800. The fourth-order valence-corrected chi connectivity index (χ4v) is 1.59. The maximum Gasteiger partial charge on any atom is 0.223 e. The summed E-state index contributed by atoms with van der Waals surface area (Å²) in [6.45, 7) is 0.762. The molecule has 14 heavy (non-hydrogen) atoms. The number of carbonyl (C=O) groups is 1. The third-order valence-electron chi connectivity index (χ3n) is 2.63. The Morgan fingerprint density at radius 1 is 1.43 bits per heavy atom. The molecule has 1 amide bonds. The van der Waals surface area contributed by atoms with Gasteiger partial charge >= 0.3 is 0 Å². The molecule has 1 saturated carbocycles. The zero-order chi connectivity index (χ0) is 10.4. The van der Waals surface area contributed by atoms with Crippen LogP contribution in [0.5, 0.6) is 0 Å². The summed E-state index contributed by atoms with van der Waals surface area (Å²) in [5.41, 5.74) is 5.36. The Hall–Kier alpha value is -0.640. The normalized spacial score (nSPS) is 16.0. The van der Waals surface area contributed by atoms with Crippen molar-refractivity contribution < 1.29 is 4.79 Å². The van der Waals surface area contributed by atoms with Crippen LogP contribution in [0.1, 0.15) is 38.5 Å². The second-order valence-electron chi connectivity index (χ2n) is 3.84. The molecule has 4 heteroatoms. The van der Waals surface area contributed by atoms with E-state index in [0.29, 0.717) is 10.9 Å². The largest absolute Gasteiger partial charge is 0.393 e. The summed E-state index contributed by atoms with van der Waals surface area (Å²) in [6, 6.07) is 0. The minimum Gasteiger partial charge on any atom is -0.393 e. The van der Waals surface area contributed by atoms with Crippen LogP contribution in [0.3, 0.4) is 0 Å². The van der Waals surface area contributed by atoms with E-state index in [9.17, 15) is 4.79 Å². The van der Waals surface area contributed by atoms with Gasteiger partial charge in [0.25, 0.3) is 0 Å². The average Bonchev–Trinajstić information content (AvgIpc) is 1.99. The molecule has 3 nitrogen and oxygen atoms in total. The second-order valence-corrected chi connectivity index (χ2v) is 4.37. The van der Waals surface area contributed by atoms with E-state index in [4.69, 9.17) is 18.0 Å². The average molecular weight is 214 g/mol. The van der Waals surface area contributed by atoms with Crippen molar-refractivity contribution in [2.24, 2.45) is 11.7 Å². The molecule has 0 aliphatic heterocycles. The molecule has 80 valence electrons. The van der Waals surface area contributed by atoms with Gasteiger partial charge < -0.3 is 11.1 Å². The maximum absolute atomic E-state index is 11.4. The van der Waals surface area contributed by atoms with Crippen molar-refractivity contribution in [2.75, 3.05) is 6.54 Å². The van der Waals surface area contributed by atoms with Gasteiger partial charge in [0.05, 0.1) is 4.99 Å². The number of rotatable bonds is 6. The van der Waals surface area contributed by atoms with Crippen molar-refractivity contribution in [3.05, 3.63) is 0 Å². The molecule has 1 fully saturated rings. The van der Waals surface area contributed by atoms with E-state index < -0.39 is 0 Å². The summed E-state index contributed by atoms with van der Waals surface area (Å²) in [5.74, 6) is 0.525. The molecule has 0 heterocycles. The molecular weight excluding hydrogens is 196 g/mol. The first-order chi connectivity index (χ1) is 6.70. The van der Waals surface area contributed by atoms with Gasteiger partial charge in [0.1, 0.15) is 0 Å². The molecule has 3 N–H and O–H groups in total. The lowest BCUT2D eigenvalue weighted by molar-refractivity contribution is -0.127. The van der Waals surface area contributed by atoms with Gasteiger partial charge in [0.2, 0.25) is 5.91 Å². The first-order valence-electron chi connectivity index (χ1n) is 5.26. The minimum atomic E-state index is 0.228. The van der Waals surface area contributed by atoms with Gasteiger partial charge in [0, 0.05) is 12.5 Å². The lowest BCUT2D eigenvalue weighted by atomic mass is 9.85. The Balaban J connectivity index is 1.92. The number of carbonyl (C=O) groups excluding carboxylic acids is 1. The van der Waals surface area contributed by atoms with E-state index in [2.05, 4.69) is 5.32 Å². The van der Waals surface area contributed by atoms with E-state index >= 15 is 0 Å². The van der Waals surface area contributed by atoms with Crippen LogP contribution >= 0.6 is 12.2 Å². The van der Waals surface area contributed by atoms with Crippen LogP contribution < -0.4 is 11.1 Å². The molecule has 0 aromatic carbocycles. The lowest BCUT2D eigenvalue weighted by Crippen LogP contribution is -2.34. The Labute approximate surface area is 90.4 Å². The zero-order valence-electron chi connectivity index (χ0n) is 8.42. The summed E-state index contributed by atoms with van der Waals surface area (Å²) in [7, 11) is 0. The molecule has 1 aliphatic carbocycles. The monoisotopic (exact) mass is 214 g/mol. The number of thiocarbonyl (C=S) groups is 1. The third kappa shape index (κ3) is 4.05. The van der Waals surface area contributed by atoms with Gasteiger partial charge in [-0.25, -0.2) is 0 Å². The summed E-state index contributed by atoms with van der Waals surface area (Å²) in [5, 5.41) is 2.94. The number of amides is 1. The molecule has 0 aromatic heterocycles. The quantitative estimate of drug-likeness (QED) is 0.518. The molecule has 1 rings (SSSR count). The highest BCUT2D eigenvalue weighted by molar-refractivity contribution is 7.80. The van der Waals surface area contributed by atoms with Crippen molar-refractivity contribution in [3.8, 4) is 0 Å². The van der Waals surface area contributed by atoms with Crippen LogP contribution in [-0.4, -0.2) is 17.4 Å². The van der Waals surface area contributed by atoms with Gasteiger partial charge in [-0.3, -0.25) is 4.79 Å². The first-order valence-corrected chi connectivity index (χ1v) is 5.67. The van der Waals surface area contributed by atoms with Gasteiger partial charge in [0.15, 0.2) is 0 Å². The lowest BCUT2D eigenvalue weighted by Gasteiger charge is -2.23. The van der Waals surface area contributed by atoms with Crippen LogP contribution in [0, 0.1) is 5.92 Å². The van der Waals surface area contributed by atoms with Gasteiger partial charge in [-0.2, -0.15) is 0 Å². The van der Waals surface area contributed by atoms with Crippen molar-refractivity contribution in [1.29, 1.82) is 0 Å². The number of hydrogen-bond acceptors (Lipinski definition) is 2. The number of nitrogens with one attached hydrogen (secondary N) is 1. The summed E-state index contributed by atoms with van der Waals surface area (Å²) in [6.07, 6.45) is 6.07. The molecular formula is C10H18N2OS. The molecule has 1 aliphatic rings. The summed E-state index contributed by atoms with van der Waals surface area (Å²) < 4.78 is 0. The fourth-order valence-electron chi connectivity index (χ4n) is 1.45. The summed E-state index contributed by atoms with van der Waals surface area (Å²) >= 11 is 4.76. The Bertz CT molecular complexity index is 214. The Morgan fingerprint density at radius 2 is 2.14 bits per heavy atom. The maximum atomic E-state index is 11.4. The molecule has 0 radical (unpaired) electrons. The van der Waals surface area contributed by atoms with Crippen LogP contribution in [0.4, 0.5) is 0 Å². The van der Waals surface area contributed by atoms with E-state index in [0.717, 1.165) is 38.6 Å². The molecule has 0 aromatic rings. The topological polar surface area (TPSA) is 55.1 Å². The van der Waals surface area contributed by atoms with Crippen molar-refractivity contribution >= 4 is 23.1 Å². The number of nitrogens with two attached hydrogens (primary N) is 1. The highest BCUT2D eigenvalue weighted by Crippen LogP contribution is 2.25. The van der Waals surface area contributed by atoms with Crippen molar-refractivity contribution in [1.82, 2.24) is 5.32 Å². The molecule has 0 atom stereocenters. The molecule has 0 spiro atoms. The van der Waals surface area contributed by atoms with E-state index in [1.54, 1.807) is 0 Å². The van der Waals surface area contributed by atoms with Crippen LogP contribution in [0.2, 0.25) is 0 Å².